The molecular weight excluding hydrogens is 260 g/mol. The lowest BCUT2D eigenvalue weighted by Gasteiger charge is -2.01. The molecule has 0 bridgehead atoms. The van der Waals surface area contributed by atoms with Gasteiger partial charge in [-0.3, -0.25) is 4.79 Å². The van der Waals surface area contributed by atoms with E-state index in [4.69, 9.17) is 11.6 Å². The van der Waals surface area contributed by atoms with E-state index in [1.54, 1.807) is 6.07 Å². The molecule has 4 rings (SSSR count). The van der Waals surface area contributed by atoms with E-state index >= 15 is 0 Å². The topological polar surface area (TPSA) is 48.6 Å². The molecule has 2 heterocycles. The van der Waals surface area contributed by atoms with E-state index in [1.807, 2.05) is 36.4 Å². The molecule has 4 aromatic rings. The first-order valence-corrected chi connectivity index (χ1v) is 6.34. The Kier molecular flexibility index (Phi) is 2.03. The molecule has 2 aromatic carbocycles. The molecule has 2 N–H and O–H groups in total. The van der Waals surface area contributed by atoms with Gasteiger partial charge in [0.25, 0.3) is 5.56 Å². The number of aromatic amines is 2. The van der Waals surface area contributed by atoms with Crippen LogP contribution in [0.1, 0.15) is 0 Å². The molecule has 0 unspecified atom stereocenters. The number of pyridine rings is 1. The summed E-state index contributed by atoms with van der Waals surface area (Å²) in [4.78, 5) is 18.2. The van der Waals surface area contributed by atoms with E-state index in [1.165, 1.54) is 0 Å². The number of hydrogen-bond donors (Lipinski definition) is 2. The second kappa shape index (κ2) is 3.62. The van der Waals surface area contributed by atoms with Gasteiger partial charge in [-0.1, -0.05) is 29.8 Å². The molecule has 0 aliphatic carbocycles. The van der Waals surface area contributed by atoms with E-state index in [0.29, 0.717) is 10.5 Å². The summed E-state index contributed by atoms with van der Waals surface area (Å²) in [6.07, 6.45) is 0. The molecule has 0 spiro atoms. The summed E-state index contributed by atoms with van der Waals surface area (Å²) in [5, 5.41) is 3.58. The number of hydrogen-bond acceptors (Lipinski definition) is 1. The summed E-state index contributed by atoms with van der Waals surface area (Å²) in [6.45, 7) is 0. The number of H-pyrrole nitrogens is 2. The summed E-state index contributed by atoms with van der Waals surface area (Å²) in [6, 6.07) is 13.4. The molecule has 0 saturated carbocycles. The Morgan fingerprint density at radius 1 is 0.895 bits per heavy atom. The highest BCUT2D eigenvalue weighted by Gasteiger charge is 2.11. The third-order valence-corrected chi connectivity index (χ3v) is 3.67. The molecule has 0 atom stereocenters. The smallest absolute Gasteiger partial charge is 0.272 e. The number of benzene rings is 2. The van der Waals surface area contributed by atoms with Gasteiger partial charge in [0.05, 0.1) is 0 Å². The highest BCUT2D eigenvalue weighted by Crippen LogP contribution is 2.30. The Morgan fingerprint density at radius 2 is 1.68 bits per heavy atom. The Morgan fingerprint density at radius 3 is 2.58 bits per heavy atom. The van der Waals surface area contributed by atoms with Crippen molar-refractivity contribution in [3.8, 4) is 0 Å². The molecule has 4 heteroatoms. The standard InChI is InChI=1S/C15H9ClN2O/c16-8-5-6-12-10(7-8)13-9-3-1-2-4-11(9)17-14(13)15(19)18-12/h1-7,17H,(H,18,19). The summed E-state index contributed by atoms with van der Waals surface area (Å²) in [5.41, 5.74) is 2.24. The molecule has 19 heavy (non-hydrogen) atoms. The Bertz CT molecular complexity index is 997. The van der Waals surface area contributed by atoms with Crippen LogP contribution >= 0.6 is 11.6 Å². The lowest BCUT2D eigenvalue weighted by Crippen LogP contribution is -2.05. The second-order valence-electron chi connectivity index (χ2n) is 4.56. The van der Waals surface area contributed by atoms with Crippen LogP contribution in [0.15, 0.2) is 47.3 Å². The third-order valence-electron chi connectivity index (χ3n) is 3.43. The fraction of sp³-hybridized carbons (Fsp3) is 0. The quantitative estimate of drug-likeness (QED) is 0.500. The number of nitrogens with one attached hydrogen (secondary N) is 2. The monoisotopic (exact) mass is 268 g/mol. The zero-order valence-electron chi connectivity index (χ0n) is 9.83. The fourth-order valence-electron chi connectivity index (χ4n) is 2.61. The zero-order chi connectivity index (χ0) is 13.0. The molecule has 0 saturated heterocycles. The van der Waals surface area contributed by atoms with Crippen molar-refractivity contribution >= 4 is 44.3 Å². The molecule has 0 aliphatic rings. The molecule has 3 nitrogen and oxygen atoms in total. The molecule has 0 aliphatic heterocycles. The van der Waals surface area contributed by atoms with Crippen LogP contribution in [0.5, 0.6) is 0 Å². The first kappa shape index (κ1) is 10.6. The molecule has 2 aromatic heterocycles. The van der Waals surface area contributed by atoms with Gasteiger partial charge in [-0.25, -0.2) is 0 Å². The van der Waals surface area contributed by atoms with Crippen LogP contribution in [0.3, 0.4) is 0 Å². The normalized spacial score (nSPS) is 11.6. The number of para-hydroxylation sites is 1. The van der Waals surface area contributed by atoms with Crippen molar-refractivity contribution in [1.29, 1.82) is 0 Å². The Labute approximate surface area is 112 Å². The van der Waals surface area contributed by atoms with E-state index in [9.17, 15) is 4.79 Å². The number of rotatable bonds is 0. The SMILES string of the molecule is O=c1[nH]c2ccc(Cl)cc2c2c1[nH]c1ccccc12. The van der Waals surface area contributed by atoms with E-state index in [-0.39, 0.29) is 5.56 Å². The summed E-state index contributed by atoms with van der Waals surface area (Å²) >= 11 is 6.07. The molecule has 0 fully saturated rings. The van der Waals surface area contributed by atoms with Crippen LogP contribution in [0, 0.1) is 0 Å². The summed E-state index contributed by atoms with van der Waals surface area (Å²) < 4.78 is 0. The first-order valence-electron chi connectivity index (χ1n) is 5.96. The Hall–Kier alpha value is -2.26. The van der Waals surface area contributed by atoms with Crippen molar-refractivity contribution in [3.63, 3.8) is 0 Å². The molecular formula is C15H9ClN2O. The average Bonchev–Trinajstić information content (AvgIpc) is 2.80. The average molecular weight is 269 g/mol. The predicted octanol–water partition coefficient (Wildman–Crippen LogP) is 3.82. The van der Waals surface area contributed by atoms with Gasteiger partial charge in [0, 0.05) is 32.2 Å². The van der Waals surface area contributed by atoms with E-state index in [2.05, 4.69) is 9.97 Å². The van der Waals surface area contributed by atoms with Crippen LogP contribution in [0.4, 0.5) is 0 Å². The van der Waals surface area contributed by atoms with Crippen LogP contribution in [0.25, 0.3) is 32.7 Å². The van der Waals surface area contributed by atoms with Crippen LogP contribution < -0.4 is 5.56 Å². The minimum atomic E-state index is -0.110. The minimum absolute atomic E-state index is 0.110. The molecule has 0 amide bonds. The van der Waals surface area contributed by atoms with Gasteiger partial charge < -0.3 is 9.97 Å². The lowest BCUT2D eigenvalue weighted by atomic mass is 10.1. The summed E-state index contributed by atoms with van der Waals surface area (Å²) in [5.74, 6) is 0. The zero-order valence-corrected chi connectivity index (χ0v) is 10.6. The van der Waals surface area contributed by atoms with Crippen molar-refractivity contribution in [2.24, 2.45) is 0 Å². The maximum atomic E-state index is 12.1. The van der Waals surface area contributed by atoms with Crippen LogP contribution in [-0.4, -0.2) is 9.97 Å². The van der Waals surface area contributed by atoms with Gasteiger partial charge in [-0.2, -0.15) is 0 Å². The number of fused-ring (bicyclic) bond motifs is 5. The maximum Gasteiger partial charge on any atom is 0.272 e. The highest BCUT2D eigenvalue weighted by molar-refractivity contribution is 6.32. The predicted molar refractivity (Wildman–Crippen MR) is 78.9 cm³/mol. The number of halogens is 1. The second-order valence-corrected chi connectivity index (χ2v) is 5.00. The van der Waals surface area contributed by atoms with Gasteiger partial charge >= 0.3 is 0 Å². The first-order chi connectivity index (χ1) is 9.24. The molecule has 92 valence electrons. The number of aromatic nitrogens is 2. The van der Waals surface area contributed by atoms with Crippen molar-refractivity contribution in [1.82, 2.24) is 9.97 Å². The largest absolute Gasteiger partial charge is 0.350 e. The van der Waals surface area contributed by atoms with Gasteiger partial charge in [0.2, 0.25) is 0 Å². The van der Waals surface area contributed by atoms with E-state index < -0.39 is 0 Å². The van der Waals surface area contributed by atoms with Crippen LogP contribution in [0.2, 0.25) is 5.02 Å². The van der Waals surface area contributed by atoms with Crippen LogP contribution in [-0.2, 0) is 0 Å². The lowest BCUT2D eigenvalue weighted by molar-refractivity contribution is 1.32. The minimum Gasteiger partial charge on any atom is -0.350 e. The van der Waals surface area contributed by atoms with Crippen molar-refractivity contribution < 1.29 is 0 Å². The van der Waals surface area contributed by atoms with Crippen molar-refractivity contribution in [2.45, 2.75) is 0 Å². The van der Waals surface area contributed by atoms with Gasteiger partial charge in [0.15, 0.2) is 0 Å². The fourth-order valence-corrected chi connectivity index (χ4v) is 2.78. The third kappa shape index (κ3) is 1.42. The summed E-state index contributed by atoms with van der Waals surface area (Å²) in [7, 11) is 0. The van der Waals surface area contributed by atoms with Gasteiger partial charge in [-0.05, 0) is 24.3 Å². The van der Waals surface area contributed by atoms with Crippen molar-refractivity contribution in [2.75, 3.05) is 0 Å². The highest BCUT2D eigenvalue weighted by atomic mass is 35.5. The van der Waals surface area contributed by atoms with Crippen molar-refractivity contribution in [3.05, 3.63) is 57.8 Å². The van der Waals surface area contributed by atoms with Gasteiger partial charge in [0.1, 0.15) is 5.52 Å². The maximum absolute atomic E-state index is 12.1. The Balaban J connectivity index is 2.42. The van der Waals surface area contributed by atoms with Gasteiger partial charge in [-0.15, -0.1) is 0 Å². The molecule has 0 radical (unpaired) electrons. The van der Waals surface area contributed by atoms with E-state index in [0.717, 1.165) is 27.2 Å².